The van der Waals surface area contributed by atoms with Gasteiger partial charge in [0.1, 0.15) is 0 Å². The van der Waals surface area contributed by atoms with E-state index in [-0.39, 0.29) is 5.91 Å². The van der Waals surface area contributed by atoms with Gasteiger partial charge in [0.25, 0.3) is 5.91 Å². The Hall–Kier alpha value is -1.95. The lowest BCUT2D eigenvalue weighted by Crippen LogP contribution is -2.40. The molecule has 1 saturated heterocycles. The van der Waals surface area contributed by atoms with Crippen molar-refractivity contribution in [3.63, 3.8) is 0 Å². The van der Waals surface area contributed by atoms with Gasteiger partial charge < -0.3 is 9.64 Å². The number of amides is 1. The first-order valence-electron chi connectivity index (χ1n) is 6.33. The summed E-state index contributed by atoms with van der Waals surface area (Å²) in [6, 6.07) is 1.88. The zero-order valence-corrected chi connectivity index (χ0v) is 11.1. The standard InChI is InChI=1S/C13H16N4O2/c1-9-11-7-10(8-14-12(11)16(2)15-9)13(18)17-3-5-19-6-4-17/h7-8H,3-6H2,1-2H3. The lowest BCUT2D eigenvalue weighted by Gasteiger charge is -2.26. The van der Waals surface area contributed by atoms with Crippen LogP contribution in [0.1, 0.15) is 16.1 Å². The summed E-state index contributed by atoms with van der Waals surface area (Å²) in [6.45, 7) is 4.42. The number of nitrogens with zero attached hydrogens (tertiary/aromatic N) is 4. The smallest absolute Gasteiger partial charge is 0.255 e. The quantitative estimate of drug-likeness (QED) is 0.759. The molecule has 1 aliphatic heterocycles. The molecule has 1 aliphatic rings. The van der Waals surface area contributed by atoms with E-state index in [1.165, 1.54) is 0 Å². The van der Waals surface area contributed by atoms with E-state index in [0.29, 0.717) is 31.9 Å². The number of aryl methyl sites for hydroxylation is 2. The van der Waals surface area contributed by atoms with Gasteiger partial charge >= 0.3 is 0 Å². The maximum Gasteiger partial charge on any atom is 0.255 e. The number of pyridine rings is 1. The van der Waals surface area contributed by atoms with E-state index in [1.807, 2.05) is 20.0 Å². The van der Waals surface area contributed by atoms with E-state index in [0.717, 1.165) is 16.7 Å². The average Bonchev–Trinajstić information content (AvgIpc) is 2.74. The number of hydrogen-bond acceptors (Lipinski definition) is 4. The molecule has 0 radical (unpaired) electrons. The molecule has 0 atom stereocenters. The van der Waals surface area contributed by atoms with Crippen molar-refractivity contribution in [2.45, 2.75) is 6.92 Å². The molecule has 6 nitrogen and oxygen atoms in total. The number of aromatic nitrogens is 3. The van der Waals surface area contributed by atoms with Gasteiger partial charge in [0.15, 0.2) is 5.65 Å². The molecule has 19 heavy (non-hydrogen) atoms. The molecular formula is C13H16N4O2. The highest BCUT2D eigenvalue weighted by Crippen LogP contribution is 2.17. The zero-order chi connectivity index (χ0) is 13.4. The summed E-state index contributed by atoms with van der Waals surface area (Å²) in [5.74, 6) is 0.0148. The van der Waals surface area contributed by atoms with Crippen molar-refractivity contribution >= 4 is 16.9 Å². The average molecular weight is 260 g/mol. The van der Waals surface area contributed by atoms with Crippen LogP contribution in [0.4, 0.5) is 0 Å². The molecule has 2 aromatic heterocycles. The van der Waals surface area contributed by atoms with E-state index in [2.05, 4.69) is 10.1 Å². The first-order chi connectivity index (χ1) is 9.16. The Morgan fingerprint density at radius 2 is 2.11 bits per heavy atom. The Bertz CT molecular complexity index is 629. The number of morpholine rings is 1. The number of hydrogen-bond donors (Lipinski definition) is 0. The third-order valence-electron chi connectivity index (χ3n) is 3.41. The number of rotatable bonds is 1. The van der Waals surface area contributed by atoms with Crippen molar-refractivity contribution in [2.24, 2.45) is 7.05 Å². The van der Waals surface area contributed by atoms with Gasteiger partial charge in [0.2, 0.25) is 0 Å². The Morgan fingerprint density at radius 3 is 2.84 bits per heavy atom. The van der Waals surface area contributed by atoms with Crippen LogP contribution in [0.2, 0.25) is 0 Å². The molecule has 6 heteroatoms. The molecule has 2 aromatic rings. The van der Waals surface area contributed by atoms with Crippen LogP contribution in [-0.4, -0.2) is 51.9 Å². The van der Waals surface area contributed by atoms with Gasteiger partial charge in [-0.3, -0.25) is 9.48 Å². The first-order valence-corrected chi connectivity index (χ1v) is 6.33. The van der Waals surface area contributed by atoms with Crippen LogP contribution in [0.3, 0.4) is 0 Å². The van der Waals surface area contributed by atoms with Crippen molar-refractivity contribution in [3.8, 4) is 0 Å². The minimum absolute atomic E-state index is 0.0148. The normalized spacial score (nSPS) is 16.0. The lowest BCUT2D eigenvalue weighted by molar-refractivity contribution is 0.0303. The Labute approximate surface area is 111 Å². The van der Waals surface area contributed by atoms with E-state index in [4.69, 9.17) is 4.74 Å². The molecule has 0 aromatic carbocycles. The lowest BCUT2D eigenvalue weighted by atomic mass is 10.2. The second kappa shape index (κ2) is 4.62. The Morgan fingerprint density at radius 1 is 1.37 bits per heavy atom. The molecule has 0 spiro atoms. The molecule has 0 aliphatic carbocycles. The fourth-order valence-corrected chi connectivity index (χ4v) is 2.37. The van der Waals surface area contributed by atoms with Crippen LogP contribution in [0.5, 0.6) is 0 Å². The van der Waals surface area contributed by atoms with Crippen molar-refractivity contribution in [1.29, 1.82) is 0 Å². The highest BCUT2D eigenvalue weighted by atomic mass is 16.5. The minimum atomic E-state index is 0.0148. The summed E-state index contributed by atoms with van der Waals surface area (Å²) in [5, 5.41) is 5.24. The largest absolute Gasteiger partial charge is 0.378 e. The second-order valence-electron chi connectivity index (χ2n) is 4.71. The van der Waals surface area contributed by atoms with Crippen molar-refractivity contribution in [2.75, 3.05) is 26.3 Å². The van der Waals surface area contributed by atoms with Gasteiger partial charge in [0, 0.05) is 31.7 Å². The monoisotopic (exact) mass is 260 g/mol. The predicted molar refractivity (Wildman–Crippen MR) is 70.0 cm³/mol. The fourth-order valence-electron chi connectivity index (χ4n) is 2.37. The van der Waals surface area contributed by atoms with Gasteiger partial charge in [-0.25, -0.2) is 4.98 Å². The topological polar surface area (TPSA) is 60.2 Å². The van der Waals surface area contributed by atoms with Crippen LogP contribution in [0.25, 0.3) is 11.0 Å². The number of carbonyl (C=O) groups is 1. The summed E-state index contributed by atoms with van der Waals surface area (Å²) in [7, 11) is 1.85. The van der Waals surface area contributed by atoms with Crippen molar-refractivity contribution in [1.82, 2.24) is 19.7 Å². The van der Waals surface area contributed by atoms with Crippen molar-refractivity contribution in [3.05, 3.63) is 23.5 Å². The van der Waals surface area contributed by atoms with Gasteiger partial charge in [-0.2, -0.15) is 5.10 Å². The van der Waals surface area contributed by atoms with Crippen LogP contribution >= 0.6 is 0 Å². The summed E-state index contributed by atoms with van der Waals surface area (Å²) in [4.78, 5) is 18.5. The van der Waals surface area contributed by atoms with Gasteiger partial charge in [-0.15, -0.1) is 0 Å². The van der Waals surface area contributed by atoms with Gasteiger partial charge in [-0.1, -0.05) is 0 Å². The molecule has 0 bridgehead atoms. The highest BCUT2D eigenvalue weighted by Gasteiger charge is 2.20. The first kappa shape index (κ1) is 12.1. The summed E-state index contributed by atoms with van der Waals surface area (Å²) in [6.07, 6.45) is 1.63. The van der Waals surface area contributed by atoms with Gasteiger partial charge in [0.05, 0.1) is 24.5 Å². The van der Waals surface area contributed by atoms with Crippen LogP contribution in [0, 0.1) is 6.92 Å². The van der Waals surface area contributed by atoms with E-state index < -0.39 is 0 Å². The summed E-state index contributed by atoms with van der Waals surface area (Å²) in [5.41, 5.74) is 2.31. The molecule has 100 valence electrons. The molecular weight excluding hydrogens is 244 g/mol. The minimum Gasteiger partial charge on any atom is -0.378 e. The molecule has 3 rings (SSSR count). The molecule has 0 N–H and O–H groups in total. The third-order valence-corrected chi connectivity index (χ3v) is 3.41. The second-order valence-corrected chi connectivity index (χ2v) is 4.71. The van der Waals surface area contributed by atoms with E-state index in [1.54, 1.807) is 15.8 Å². The van der Waals surface area contributed by atoms with E-state index in [9.17, 15) is 4.79 Å². The number of carbonyl (C=O) groups excluding carboxylic acids is 1. The van der Waals surface area contributed by atoms with Crippen LogP contribution < -0.4 is 0 Å². The summed E-state index contributed by atoms with van der Waals surface area (Å²) >= 11 is 0. The molecule has 0 unspecified atom stereocenters. The van der Waals surface area contributed by atoms with Crippen LogP contribution in [-0.2, 0) is 11.8 Å². The third kappa shape index (κ3) is 2.08. The number of ether oxygens (including phenoxy) is 1. The molecule has 0 saturated carbocycles. The van der Waals surface area contributed by atoms with Crippen molar-refractivity contribution < 1.29 is 9.53 Å². The zero-order valence-electron chi connectivity index (χ0n) is 11.1. The fraction of sp³-hybridized carbons (Fsp3) is 0.462. The summed E-state index contributed by atoms with van der Waals surface area (Å²) < 4.78 is 6.99. The molecule has 3 heterocycles. The SMILES string of the molecule is Cc1nn(C)c2ncc(C(=O)N3CCOCC3)cc12. The van der Waals surface area contributed by atoms with Crippen LogP contribution in [0.15, 0.2) is 12.3 Å². The molecule has 1 fully saturated rings. The number of fused-ring (bicyclic) bond motifs is 1. The highest BCUT2D eigenvalue weighted by molar-refractivity contribution is 5.97. The Balaban J connectivity index is 1.96. The molecule has 1 amide bonds. The van der Waals surface area contributed by atoms with Gasteiger partial charge in [-0.05, 0) is 13.0 Å². The Kier molecular flexibility index (Phi) is 2.94. The predicted octanol–water partition coefficient (Wildman–Crippen LogP) is 0.749. The maximum atomic E-state index is 12.4. The van der Waals surface area contributed by atoms with E-state index >= 15 is 0 Å². The maximum absolute atomic E-state index is 12.4.